The van der Waals surface area contributed by atoms with Crippen LogP contribution in [0.3, 0.4) is 0 Å². The highest BCUT2D eigenvalue weighted by molar-refractivity contribution is 6.06. The lowest BCUT2D eigenvalue weighted by Gasteiger charge is -2.22. The number of amides is 3. The van der Waals surface area contributed by atoms with E-state index in [0.29, 0.717) is 12.2 Å². The van der Waals surface area contributed by atoms with Crippen LogP contribution in [0.4, 0.5) is 4.79 Å². The molecule has 22 heavy (non-hydrogen) atoms. The third-order valence-electron chi connectivity index (χ3n) is 3.67. The predicted molar refractivity (Wildman–Crippen MR) is 81.5 cm³/mol. The number of carbonyl (C=O) groups excluding carboxylic acids is 2. The van der Waals surface area contributed by atoms with Crippen LogP contribution >= 0.6 is 0 Å². The molecule has 1 heterocycles. The SMILES string of the molecule is CCCC1(C)NC(=O)N(CC(O)COc2ccccc2)C1=O. The fraction of sp³-hybridized carbons (Fsp3) is 0.500. The van der Waals surface area contributed by atoms with Gasteiger partial charge in [0.2, 0.25) is 0 Å². The summed E-state index contributed by atoms with van der Waals surface area (Å²) in [5.74, 6) is 0.340. The largest absolute Gasteiger partial charge is 0.491 e. The van der Waals surface area contributed by atoms with Crippen molar-refractivity contribution < 1.29 is 19.4 Å². The second-order valence-electron chi connectivity index (χ2n) is 5.71. The van der Waals surface area contributed by atoms with E-state index in [1.165, 1.54) is 0 Å². The number of rotatable bonds is 7. The molecule has 0 saturated carbocycles. The molecular weight excluding hydrogens is 284 g/mol. The first-order chi connectivity index (χ1) is 10.5. The zero-order valence-electron chi connectivity index (χ0n) is 12.9. The smallest absolute Gasteiger partial charge is 0.325 e. The number of para-hydroxylation sites is 1. The Labute approximate surface area is 130 Å². The molecule has 120 valence electrons. The van der Waals surface area contributed by atoms with Gasteiger partial charge in [0.25, 0.3) is 5.91 Å². The summed E-state index contributed by atoms with van der Waals surface area (Å²) in [7, 11) is 0. The van der Waals surface area contributed by atoms with Crippen molar-refractivity contribution in [2.45, 2.75) is 38.3 Å². The molecule has 6 heteroatoms. The van der Waals surface area contributed by atoms with Crippen molar-refractivity contribution in [1.29, 1.82) is 0 Å². The third-order valence-corrected chi connectivity index (χ3v) is 3.67. The Morgan fingerprint density at radius 1 is 1.32 bits per heavy atom. The van der Waals surface area contributed by atoms with Gasteiger partial charge in [-0.1, -0.05) is 31.5 Å². The van der Waals surface area contributed by atoms with E-state index in [0.717, 1.165) is 11.3 Å². The average molecular weight is 306 g/mol. The standard InChI is InChI=1S/C16H22N2O4/c1-3-9-16(2)14(20)18(15(21)17-16)10-12(19)11-22-13-7-5-4-6-8-13/h4-8,12,19H,3,9-11H2,1-2H3,(H,17,21). The van der Waals surface area contributed by atoms with Crippen LogP contribution in [0.25, 0.3) is 0 Å². The van der Waals surface area contributed by atoms with Gasteiger partial charge in [-0.3, -0.25) is 9.69 Å². The van der Waals surface area contributed by atoms with Gasteiger partial charge in [0.1, 0.15) is 24.0 Å². The van der Waals surface area contributed by atoms with Gasteiger partial charge in [0, 0.05) is 0 Å². The molecule has 0 aromatic heterocycles. The first-order valence-corrected chi connectivity index (χ1v) is 7.46. The van der Waals surface area contributed by atoms with Crippen molar-refractivity contribution in [3.05, 3.63) is 30.3 Å². The number of benzene rings is 1. The second-order valence-corrected chi connectivity index (χ2v) is 5.71. The number of hydrogen-bond acceptors (Lipinski definition) is 4. The lowest BCUT2D eigenvalue weighted by Crippen LogP contribution is -2.44. The van der Waals surface area contributed by atoms with Gasteiger partial charge in [-0.2, -0.15) is 0 Å². The molecule has 1 aromatic rings. The second kappa shape index (κ2) is 6.79. The van der Waals surface area contributed by atoms with Gasteiger partial charge in [-0.25, -0.2) is 4.79 Å². The van der Waals surface area contributed by atoms with E-state index in [9.17, 15) is 14.7 Å². The van der Waals surface area contributed by atoms with E-state index in [1.807, 2.05) is 25.1 Å². The van der Waals surface area contributed by atoms with E-state index in [-0.39, 0.29) is 19.1 Å². The van der Waals surface area contributed by atoms with Gasteiger partial charge in [0.05, 0.1) is 6.54 Å². The molecule has 2 N–H and O–H groups in total. The predicted octanol–water partition coefficient (Wildman–Crippen LogP) is 1.54. The summed E-state index contributed by atoms with van der Waals surface area (Å²) >= 11 is 0. The van der Waals surface area contributed by atoms with Crippen LogP contribution in [-0.4, -0.2) is 46.7 Å². The van der Waals surface area contributed by atoms with Crippen molar-refractivity contribution in [2.24, 2.45) is 0 Å². The number of nitrogens with one attached hydrogen (secondary N) is 1. The van der Waals surface area contributed by atoms with Gasteiger partial charge in [-0.05, 0) is 25.5 Å². The summed E-state index contributed by atoms with van der Waals surface area (Å²) in [6.45, 7) is 3.61. The molecule has 1 aliphatic heterocycles. The molecule has 1 fully saturated rings. The molecule has 0 spiro atoms. The molecule has 3 amide bonds. The minimum Gasteiger partial charge on any atom is -0.491 e. The van der Waals surface area contributed by atoms with Crippen molar-refractivity contribution >= 4 is 11.9 Å². The van der Waals surface area contributed by atoms with Crippen molar-refractivity contribution in [3.63, 3.8) is 0 Å². The van der Waals surface area contributed by atoms with E-state index < -0.39 is 17.7 Å². The summed E-state index contributed by atoms with van der Waals surface area (Å²) < 4.78 is 5.43. The normalized spacial score (nSPS) is 22.6. The van der Waals surface area contributed by atoms with Gasteiger partial charge in [-0.15, -0.1) is 0 Å². The topological polar surface area (TPSA) is 78.9 Å². The average Bonchev–Trinajstić information content (AvgIpc) is 2.70. The molecule has 0 aliphatic carbocycles. The number of urea groups is 1. The van der Waals surface area contributed by atoms with E-state index in [1.54, 1.807) is 19.1 Å². The lowest BCUT2D eigenvalue weighted by molar-refractivity contribution is -0.132. The Bertz CT molecular complexity index is 534. The van der Waals surface area contributed by atoms with Gasteiger partial charge < -0.3 is 15.2 Å². The minimum absolute atomic E-state index is 0.0194. The fourth-order valence-corrected chi connectivity index (χ4v) is 2.55. The summed E-state index contributed by atoms with van der Waals surface area (Å²) in [6.07, 6.45) is 0.430. The summed E-state index contributed by atoms with van der Waals surface area (Å²) in [4.78, 5) is 25.3. The van der Waals surface area contributed by atoms with Crippen LogP contribution in [-0.2, 0) is 4.79 Å². The molecule has 0 radical (unpaired) electrons. The van der Waals surface area contributed by atoms with Gasteiger partial charge in [0.15, 0.2) is 0 Å². The molecule has 2 atom stereocenters. The number of ether oxygens (including phenoxy) is 1. The molecule has 1 aliphatic rings. The summed E-state index contributed by atoms with van der Waals surface area (Å²) in [5.41, 5.74) is -0.869. The van der Waals surface area contributed by atoms with E-state index >= 15 is 0 Å². The summed E-state index contributed by atoms with van der Waals surface area (Å²) in [5, 5.41) is 12.7. The Kier molecular flexibility index (Phi) is 5.03. The van der Waals surface area contributed by atoms with Crippen molar-refractivity contribution in [3.8, 4) is 5.75 Å². The number of carbonyl (C=O) groups is 2. The van der Waals surface area contributed by atoms with Crippen LogP contribution in [0, 0.1) is 0 Å². The molecule has 6 nitrogen and oxygen atoms in total. The van der Waals surface area contributed by atoms with Crippen molar-refractivity contribution in [1.82, 2.24) is 10.2 Å². The first-order valence-electron chi connectivity index (χ1n) is 7.46. The number of aliphatic hydroxyl groups excluding tert-OH is 1. The third kappa shape index (κ3) is 3.57. The first kappa shape index (κ1) is 16.3. The van der Waals surface area contributed by atoms with Crippen molar-refractivity contribution in [2.75, 3.05) is 13.2 Å². The molecule has 0 bridgehead atoms. The molecule has 1 saturated heterocycles. The van der Waals surface area contributed by atoms with Gasteiger partial charge >= 0.3 is 6.03 Å². The monoisotopic (exact) mass is 306 g/mol. The maximum atomic E-state index is 12.3. The lowest BCUT2D eigenvalue weighted by atomic mass is 9.96. The highest BCUT2D eigenvalue weighted by Gasteiger charge is 2.47. The van der Waals surface area contributed by atoms with E-state index in [2.05, 4.69) is 5.32 Å². The van der Waals surface area contributed by atoms with Crippen LogP contribution < -0.4 is 10.1 Å². The highest BCUT2D eigenvalue weighted by Crippen LogP contribution is 2.22. The zero-order chi connectivity index (χ0) is 16.2. The maximum Gasteiger partial charge on any atom is 0.325 e. The van der Waals surface area contributed by atoms with Crippen LogP contribution in [0.2, 0.25) is 0 Å². The number of β-amino-alcohol motifs (C(OH)–C–C–N with tert-alkyl or cyclic N) is 1. The fourth-order valence-electron chi connectivity index (χ4n) is 2.55. The molecule has 2 rings (SSSR count). The Morgan fingerprint density at radius 2 is 2.00 bits per heavy atom. The zero-order valence-corrected chi connectivity index (χ0v) is 12.9. The summed E-state index contributed by atoms with van der Waals surface area (Å²) in [6, 6.07) is 8.62. The van der Waals surface area contributed by atoms with Crippen LogP contribution in [0.15, 0.2) is 30.3 Å². The minimum atomic E-state index is -0.932. The number of hydrogen-bond donors (Lipinski definition) is 2. The quantitative estimate of drug-likeness (QED) is 0.749. The molecular formula is C16H22N2O4. The van der Waals surface area contributed by atoms with Crippen LogP contribution in [0.1, 0.15) is 26.7 Å². The van der Waals surface area contributed by atoms with Crippen LogP contribution in [0.5, 0.6) is 5.75 Å². The number of nitrogens with zero attached hydrogens (tertiary/aromatic N) is 1. The molecule has 1 aromatic carbocycles. The number of aliphatic hydroxyl groups is 1. The molecule has 2 unspecified atom stereocenters. The highest BCUT2D eigenvalue weighted by atomic mass is 16.5. The Hall–Kier alpha value is -2.08. The Morgan fingerprint density at radius 3 is 2.64 bits per heavy atom. The Balaban J connectivity index is 1.90. The maximum absolute atomic E-state index is 12.3. The number of imide groups is 1. The van der Waals surface area contributed by atoms with E-state index in [4.69, 9.17) is 4.74 Å².